The zero-order chi connectivity index (χ0) is 19.3. The van der Waals surface area contributed by atoms with Crippen molar-refractivity contribution < 1.29 is 19.1 Å². The van der Waals surface area contributed by atoms with Crippen LogP contribution < -0.4 is 20.1 Å². The summed E-state index contributed by atoms with van der Waals surface area (Å²) in [6, 6.07) is 15.7. The molecule has 7 nitrogen and oxygen atoms in total. The zero-order valence-electron chi connectivity index (χ0n) is 14.8. The molecule has 140 valence electrons. The molecule has 0 spiro atoms. The van der Waals surface area contributed by atoms with Crippen LogP contribution in [0.25, 0.3) is 0 Å². The average Bonchev–Trinajstić information content (AvgIpc) is 3.21. The standard InChI is InChI=1S/C21H17N3O4/c25-20(16-2-1-9-22-12-16)23-11-14-3-6-17(7-4-14)24-21(26)15-5-8-18-19(10-15)28-13-27-18/h1-10,12H,11,13H2,(H,23,25)(H,24,26). The van der Waals surface area contributed by atoms with Crippen molar-refractivity contribution in [2.75, 3.05) is 12.1 Å². The van der Waals surface area contributed by atoms with Gasteiger partial charge >= 0.3 is 0 Å². The van der Waals surface area contributed by atoms with Gasteiger partial charge in [-0.25, -0.2) is 0 Å². The molecule has 1 aliphatic heterocycles. The van der Waals surface area contributed by atoms with Crippen molar-refractivity contribution in [3.05, 3.63) is 83.7 Å². The Kier molecular flexibility index (Phi) is 4.88. The fourth-order valence-electron chi connectivity index (χ4n) is 2.73. The lowest BCUT2D eigenvalue weighted by Crippen LogP contribution is -2.22. The SMILES string of the molecule is O=C(NCc1ccc(NC(=O)c2ccc3c(c2)OCO3)cc1)c1cccnc1. The maximum Gasteiger partial charge on any atom is 0.255 e. The van der Waals surface area contributed by atoms with E-state index < -0.39 is 0 Å². The number of amides is 2. The van der Waals surface area contributed by atoms with Crippen LogP contribution in [0.2, 0.25) is 0 Å². The summed E-state index contributed by atoms with van der Waals surface area (Å²) in [6.45, 7) is 0.545. The van der Waals surface area contributed by atoms with Crippen LogP contribution in [0.5, 0.6) is 11.5 Å². The molecule has 0 radical (unpaired) electrons. The van der Waals surface area contributed by atoms with Crippen LogP contribution in [0.1, 0.15) is 26.3 Å². The van der Waals surface area contributed by atoms with Gasteiger partial charge in [-0.2, -0.15) is 0 Å². The number of hydrogen-bond donors (Lipinski definition) is 2. The van der Waals surface area contributed by atoms with Gasteiger partial charge in [0.25, 0.3) is 11.8 Å². The largest absolute Gasteiger partial charge is 0.454 e. The lowest BCUT2D eigenvalue weighted by molar-refractivity contribution is 0.0949. The monoisotopic (exact) mass is 375 g/mol. The highest BCUT2D eigenvalue weighted by molar-refractivity contribution is 6.04. The number of hydrogen-bond acceptors (Lipinski definition) is 5. The molecule has 28 heavy (non-hydrogen) atoms. The van der Waals surface area contributed by atoms with Crippen LogP contribution in [0.4, 0.5) is 5.69 Å². The van der Waals surface area contributed by atoms with Crippen LogP contribution in [-0.2, 0) is 6.54 Å². The molecule has 4 rings (SSSR count). The van der Waals surface area contributed by atoms with Gasteiger partial charge in [0, 0.05) is 30.2 Å². The Balaban J connectivity index is 1.34. The molecule has 0 saturated heterocycles. The molecular formula is C21H17N3O4. The van der Waals surface area contributed by atoms with E-state index in [-0.39, 0.29) is 18.6 Å². The normalized spacial score (nSPS) is 11.7. The van der Waals surface area contributed by atoms with E-state index in [0.717, 1.165) is 5.56 Å². The summed E-state index contributed by atoms with van der Waals surface area (Å²) in [6.07, 6.45) is 3.14. The Morgan fingerprint density at radius 1 is 0.929 bits per heavy atom. The van der Waals surface area contributed by atoms with Crippen molar-refractivity contribution in [1.29, 1.82) is 0 Å². The van der Waals surface area contributed by atoms with E-state index in [0.29, 0.717) is 34.9 Å². The van der Waals surface area contributed by atoms with Crippen LogP contribution in [0.15, 0.2) is 67.0 Å². The molecule has 7 heteroatoms. The van der Waals surface area contributed by atoms with E-state index >= 15 is 0 Å². The molecule has 2 heterocycles. The fraction of sp³-hybridized carbons (Fsp3) is 0.0952. The number of aromatic nitrogens is 1. The van der Waals surface area contributed by atoms with E-state index in [1.54, 1.807) is 48.7 Å². The first kappa shape index (κ1) is 17.5. The average molecular weight is 375 g/mol. The maximum atomic E-state index is 12.4. The molecule has 1 aromatic heterocycles. The minimum absolute atomic E-state index is 0.166. The molecule has 2 N–H and O–H groups in total. The van der Waals surface area contributed by atoms with Crippen molar-refractivity contribution in [1.82, 2.24) is 10.3 Å². The number of nitrogens with zero attached hydrogens (tertiary/aromatic N) is 1. The first-order valence-electron chi connectivity index (χ1n) is 8.67. The summed E-state index contributed by atoms with van der Waals surface area (Å²) in [5, 5.41) is 5.67. The molecule has 3 aromatic rings. The van der Waals surface area contributed by atoms with Crippen molar-refractivity contribution in [3.63, 3.8) is 0 Å². The second-order valence-corrected chi connectivity index (χ2v) is 6.14. The summed E-state index contributed by atoms with van der Waals surface area (Å²) in [4.78, 5) is 28.4. The quantitative estimate of drug-likeness (QED) is 0.716. The topological polar surface area (TPSA) is 89.6 Å². The number of carbonyl (C=O) groups is 2. The summed E-state index contributed by atoms with van der Waals surface area (Å²) in [5.74, 6) is 0.769. The number of anilines is 1. The molecular weight excluding hydrogens is 358 g/mol. The van der Waals surface area contributed by atoms with Gasteiger partial charge in [0.1, 0.15) is 0 Å². The van der Waals surface area contributed by atoms with Crippen LogP contribution in [-0.4, -0.2) is 23.6 Å². The predicted molar refractivity (Wildman–Crippen MR) is 102 cm³/mol. The van der Waals surface area contributed by atoms with Crippen LogP contribution in [0.3, 0.4) is 0 Å². The smallest absolute Gasteiger partial charge is 0.255 e. The number of benzene rings is 2. The second-order valence-electron chi connectivity index (χ2n) is 6.14. The van der Waals surface area contributed by atoms with Crippen molar-refractivity contribution in [3.8, 4) is 11.5 Å². The minimum atomic E-state index is -0.240. The summed E-state index contributed by atoms with van der Waals surface area (Å²) >= 11 is 0. The Hall–Kier alpha value is -3.87. The van der Waals surface area contributed by atoms with Gasteiger partial charge in [0.15, 0.2) is 11.5 Å². The molecule has 2 amide bonds. The lowest BCUT2D eigenvalue weighted by atomic mass is 10.1. The highest BCUT2D eigenvalue weighted by Crippen LogP contribution is 2.32. The molecule has 0 saturated carbocycles. The van der Waals surface area contributed by atoms with Gasteiger partial charge in [-0.3, -0.25) is 14.6 Å². The summed E-state index contributed by atoms with van der Waals surface area (Å²) in [7, 11) is 0. The molecule has 0 fully saturated rings. The number of rotatable bonds is 5. The van der Waals surface area contributed by atoms with Crippen molar-refractivity contribution in [2.45, 2.75) is 6.54 Å². The lowest BCUT2D eigenvalue weighted by Gasteiger charge is -2.08. The third kappa shape index (κ3) is 3.93. The number of pyridine rings is 1. The maximum absolute atomic E-state index is 12.4. The van der Waals surface area contributed by atoms with Gasteiger partial charge < -0.3 is 20.1 Å². The van der Waals surface area contributed by atoms with E-state index in [1.165, 1.54) is 6.20 Å². The molecule has 0 bridgehead atoms. The van der Waals surface area contributed by atoms with Gasteiger partial charge in [0.05, 0.1) is 5.56 Å². The van der Waals surface area contributed by atoms with Crippen LogP contribution >= 0.6 is 0 Å². The van der Waals surface area contributed by atoms with Gasteiger partial charge in [0.2, 0.25) is 6.79 Å². The predicted octanol–water partition coefficient (Wildman–Crippen LogP) is 2.99. The van der Waals surface area contributed by atoms with Crippen LogP contribution in [0, 0.1) is 0 Å². The van der Waals surface area contributed by atoms with Gasteiger partial charge in [-0.05, 0) is 48.0 Å². The third-order valence-electron chi connectivity index (χ3n) is 4.22. The molecule has 0 unspecified atom stereocenters. The fourth-order valence-corrected chi connectivity index (χ4v) is 2.73. The number of carbonyl (C=O) groups excluding carboxylic acids is 2. The van der Waals surface area contributed by atoms with E-state index in [1.807, 2.05) is 12.1 Å². The number of fused-ring (bicyclic) bond motifs is 1. The highest BCUT2D eigenvalue weighted by atomic mass is 16.7. The molecule has 2 aromatic carbocycles. The first-order chi connectivity index (χ1) is 13.7. The zero-order valence-corrected chi connectivity index (χ0v) is 14.8. The van der Waals surface area contributed by atoms with E-state index in [9.17, 15) is 9.59 Å². The first-order valence-corrected chi connectivity index (χ1v) is 8.67. The molecule has 0 aliphatic carbocycles. The van der Waals surface area contributed by atoms with E-state index in [2.05, 4.69) is 15.6 Å². The highest BCUT2D eigenvalue weighted by Gasteiger charge is 2.16. The third-order valence-corrected chi connectivity index (χ3v) is 4.22. The van der Waals surface area contributed by atoms with Gasteiger partial charge in [-0.15, -0.1) is 0 Å². The molecule has 1 aliphatic rings. The number of nitrogens with one attached hydrogen (secondary N) is 2. The van der Waals surface area contributed by atoms with Gasteiger partial charge in [-0.1, -0.05) is 12.1 Å². The Bertz CT molecular complexity index is 1000. The second kappa shape index (κ2) is 7.79. The Morgan fingerprint density at radius 3 is 2.54 bits per heavy atom. The summed E-state index contributed by atoms with van der Waals surface area (Å²) < 4.78 is 10.5. The number of ether oxygens (including phenoxy) is 2. The van der Waals surface area contributed by atoms with E-state index in [4.69, 9.17) is 9.47 Å². The Labute approximate surface area is 161 Å². The minimum Gasteiger partial charge on any atom is -0.454 e. The molecule has 0 atom stereocenters. The van der Waals surface area contributed by atoms with Crippen molar-refractivity contribution >= 4 is 17.5 Å². The summed E-state index contributed by atoms with van der Waals surface area (Å²) in [5.41, 5.74) is 2.57. The Morgan fingerprint density at radius 2 is 1.75 bits per heavy atom. The van der Waals surface area contributed by atoms with Crippen molar-refractivity contribution in [2.24, 2.45) is 0 Å².